The van der Waals surface area contributed by atoms with Crippen LogP contribution in [0, 0.1) is 0 Å². The molecule has 2 amide bonds. The molecule has 1 aromatic rings. The Labute approximate surface area is 102 Å². The van der Waals surface area contributed by atoms with E-state index >= 15 is 0 Å². The molecule has 1 aliphatic rings. The van der Waals surface area contributed by atoms with Crippen LogP contribution in [0.15, 0.2) is 23.6 Å². The Morgan fingerprint density at radius 3 is 2.88 bits per heavy atom. The lowest BCUT2D eigenvalue weighted by atomic mass is 10.2. The number of carbonyl (C=O) groups excluding carboxylic acids is 1. The third-order valence-electron chi connectivity index (χ3n) is 2.46. The maximum atomic E-state index is 11.8. The highest BCUT2D eigenvalue weighted by atomic mass is 32.1. The molecule has 0 unspecified atom stereocenters. The fourth-order valence-electron chi connectivity index (χ4n) is 1.58. The highest BCUT2D eigenvalue weighted by Gasteiger charge is 2.18. The van der Waals surface area contributed by atoms with Crippen molar-refractivity contribution in [3.63, 3.8) is 0 Å². The van der Waals surface area contributed by atoms with Crippen molar-refractivity contribution in [2.75, 3.05) is 18.4 Å². The van der Waals surface area contributed by atoms with Gasteiger partial charge in [0.05, 0.1) is 5.56 Å². The molecule has 0 fully saturated rings. The zero-order valence-corrected chi connectivity index (χ0v) is 9.87. The van der Waals surface area contributed by atoms with Gasteiger partial charge in [-0.3, -0.25) is 5.32 Å². The summed E-state index contributed by atoms with van der Waals surface area (Å²) in [6, 6.07) is 1.23. The van der Waals surface area contributed by atoms with Gasteiger partial charge in [-0.2, -0.15) is 0 Å². The summed E-state index contributed by atoms with van der Waals surface area (Å²) in [6.07, 6.45) is 4.79. The molecular formula is C11H12N2O3S. The lowest BCUT2D eigenvalue weighted by Gasteiger charge is -2.23. The van der Waals surface area contributed by atoms with Gasteiger partial charge < -0.3 is 10.0 Å². The standard InChI is InChI=1S/C11H12N2O3S/c14-10(15)8-4-7-17-9(8)12-11(16)13-5-2-1-3-6-13/h1-2,4,7H,3,5-6H2,(H,12,16)(H,14,15). The number of rotatable bonds is 2. The predicted molar refractivity (Wildman–Crippen MR) is 65.6 cm³/mol. The number of nitrogens with zero attached hydrogens (tertiary/aromatic N) is 1. The van der Waals surface area contributed by atoms with Crippen molar-refractivity contribution in [1.29, 1.82) is 0 Å². The maximum Gasteiger partial charge on any atom is 0.338 e. The molecule has 0 aliphatic carbocycles. The summed E-state index contributed by atoms with van der Waals surface area (Å²) >= 11 is 1.21. The van der Waals surface area contributed by atoms with E-state index in [-0.39, 0.29) is 11.6 Å². The Balaban J connectivity index is 2.05. The summed E-state index contributed by atoms with van der Waals surface area (Å²) in [5.41, 5.74) is 0.135. The van der Waals surface area contributed by atoms with Gasteiger partial charge in [-0.15, -0.1) is 11.3 Å². The second-order valence-corrected chi connectivity index (χ2v) is 4.52. The molecule has 2 N–H and O–H groups in total. The fourth-order valence-corrected chi connectivity index (χ4v) is 2.35. The molecule has 5 nitrogen and oxygen atoms in total. The molecule has 17 heavy (non-hydrogen) atoms. The first kappa shape index (κ1) is 11.7. The molecule has 0 spiro atoms. The molecule has 0 bridgehead atoms. The van der Waals surface area contributed by atoms with Gasteiger partial charge in [0.1, 0.15) is 5.00 Å². The zero-order chi connectivity index (χ0) is 12.3. The fraction of sp³-hybridized carbons (Fsp3) is 0.273. The van der Waals surface area contributed by atoms with Crippen molar-refractivity contribution in [3.05, 3.63) is 29.2 Å². The average Bonchev–Trinajstić information content (AvgIpc) is 2.78. The van der Waals surface area contributed by atoms with Crippen molar-refractivity contribution in [1.82, 2.24) is 4.90 Å². The number of amides is 2. The number of carbonyl (C=O) groups is 2. The first-order valence-electron chi connectivity index (χ1n) is 5.20. The molecule has 0 atom stereocenters. The molecular weight excluding hydrogens is 240 g/mol. The summed E-state index contributed by atoms with van der Waals surface area (Å²) < 4.78 is 0. The van der Waals surface area contributed by atoms with E-state index in [1.54, 1.807) is 10.3 Å². The monoisotopic (exact) mass is 252 g/mol. The van der Waals surface area contributed by atoms with Gasteiger partial charge in [-0.25, -0.2) is 9.59 Å². The Hall–Kier alpha value is -1.82. The summed E-state index contributed by atoms with van der Waals surface area (Å²) in [5.74, 6) is -1.03. The van der Waals surface area contributed by atoms with Gasteiger partial charge in [-0.1, -0.05) is 12.2 Å². The summed E-state index contributed by atoms with van der Waals surface area (Å²) in [7, 11) is 0. The normalized spacial score (nSPS) is 14.7. The van der Waals surface area contributed by atoms with E-state index in [1.807, 2.05) is 12.2 Å². The van der Waals surface area contributed by atoms with Gasteiger partial charge in [-0.05, 0) is 17.9 Å². The molecule has 90 valence electrons. The summed E-state index contributed by atoms with van der Waals surface area (Å²) in [5, 5.41) is 13.6. The number of carboxylic acids is 1. The van der Waals surface area contributed by atoms with Crippen LogP contribution in [-0.4, -0.2) is 35.1 Å². The smallest absolute Gasteiger partial charge is 0.338 e. The summed E-state index contributed by atoms with van der Waals surface area (Å²) in [4.78, 5) is 24.4. The number of thiophene rings is 1. The molecule has 0 radical (unpaired) electrons. The highest BCUT2D eigenvalue weighted by Crippen LogP contribution is 2.23. The molecule has 0 saturated carbocycles. The minimum atomic E-state index is -1.03. The first-order chi connectivity index (χ1) is 8.18. The van der Waals surface area contributed by atoms with Crippen molar-refractivity contribution in [2.24, 2.45) is 0 Å². The third-order valence-corrected chi connectivity index (χ3v) is 3.29. The van der Waals surface area contributed by atoms with Crippen LogP contribution in [-0.2, 0) is 0 Å². The molecule has 6 heteroatoms. The Morgan fingerprint density at radius 1 is 1.41 bits per heavy atom. The van der Waals surface area contributed by atoms with E-state index < -0.39 is 5.97 Å². The van der Waals surface area contributed by atoms with Crippen molar-refractivity contribution < 1.29 is 14.7 Å². The van der Waals surface area contributed by atoms with E-state index in [4.69, 9.17) is 5.11 Å². The highest BCUT2D eigenvalue weighted by molar-refractivity contribution is 7.14. The number of hydrogen-bond donors (Lipinski definition) is 2. The summed E-state index contributed by atoms with van der Waals surface area (Å²) in [6.45, 7) is 1.23. The van der Waals surface area contributed by atoms with Crippen molar-refractivity contribution in [2.45, 2.75) is 6.42 Å². The zero-order valence-electron chi connectivity index (χ0n) is 9.05. The topological polar surface area (TPSA) is 69.6 Å². The van der Waals surface area contributed by atoms with Crippen molar-refractivity contribution >= 4 is 28.3 Å². The minimum absolute atomic E-state index is 0.135. The lowest BCUT2D eigenvalue weighted by Crippen LogP contribution is -2.37. The van der Waals surface area contributed by atoms with Crippen LogP contribution in [0.3, 0.4) is 0 Å². The van der Waals surface area contributed by atoms with Gasteiger partial charge >= 0.3 is 12.0 Å². The average molecular weight is 252 g/mol. The number of urea groups is 1. The van der Waals surface area contributed by atoms with Crippen LogP contribution in [0.2, 0.25) is 0 Å². The van der Waals surface area contributed by atoms with Crippen LogP contribution >= 0.6 is 11.3 Å². The van der Waals surface area contributed by atoms with Crippen LogP contribution in [0.1, 0.15) is 16.8 Å². The number of carboxylic acid groups (broad SMARTS) is 1. The molecule has 1 aromatic heterocycles. The predicted octanol–water partition coefficient (Wildman–Crippen LogP) is 2.24. The minimum Gasteiger partial charge on any atom is -0.478 e. The Kier molecular flexibility index (Phi) is 3.43. The number of nitrogens with one attached hydrogen (secondary N) is 1. The number of anilines is 1. The second kappa shape index (κ2) is 5.01. The van der Waals surface area contributed by atoms with Crippen LogP contribution in [0.25, 0.3) is 0 Å². The maximum absolute atomic E-state index is 11.8. The van der Waals surface area contributed by atoms with Gasteiger partial charge in [0.15, 0.2) is 0 Å². The second-order valence-electron chi connectivity index (χ2n) is 3.60. The quantitative estimate of drug-likeness (QED) is 0.793. The van der Waals surface area contributed by atoms with Gasteiger partial charge in [0, 0.05) is 13.1 Å². The molecule has 0 aromatic carbocycles. The number of hydrogen-bond acceptors (Lipinski definition) is 3. The van der Waals surface area contributed by atoms with Crippen LogP contribution < -0.4 is 5.32 Å². The molecule has 2 rings (SSSR count). The molecule has 1 aliphatic heterocycles. The first-order valence-corrected chi connectivity index (χ1v) is 6.08. The van der Waals surface area contributed by atoms with E-state index in [9.17, 15) is 9.59 Å². The largest absolute Gasteiger partial charge is 0.478 e. The van der Waals surface area contributed by atoms with E-state index in [0.717, 1.165) is 6.42 Å². The Morgan fingerprint density at radius 2 is 2.24 bits per heavy atom. The lowest BCUT2D eigenvalue weighted by molar-refractivity contribution is 0.0698. The SMILES string of the molecule is O=C(O)c1ccsc1NC(=O)N1CC=CCC1. The Bertz CT molecular complexity index is 467. The van der Waals surface area contributed by atoms with E-state index in [0.29, 0.717) is 18.1 Å². The number of aromatic carboxylic acids is 1. The van der Waals surface area contributed by atoms with E-state index in [2.05, 4.69) is 5.32 Å². The van der Waals surface area contributed by atoms with Crippen LogP contribution in [0.5, 0.6) is 0 Å². The van der Waals surface area contributed by atoms with Crippen LogP contribution in [0.4, 0.5) is 9.80 Å². The van der Waals surface area contributed by atoms with Gasteiger partial charge in [0.2, 0.25) is 0 Å². The molecule has 2 heterocycles. The van der Waals surface area contributed by atoms with E-state index in [1.165, 1.54) is 17.4 Å². The third kappa shape index (κ3) is 2.65. The van der Waals surface area contributed by atoms with Crippen molar-refractivity contribution in [3.8, 4) is 0 Å². The van der Waals surface area contributed by atoms with Gasteiger partial charge in [0.25, 0.3) is 0 Å². The molecule has 0 saturated heterocycles.